The first kappa shape index (κ1) is 38.9. The third kappa shape index (κ3) is 7.14. The molecule has 2 heterocycles. The second kappa shape index (κ2) is 16.1. The van der Waals surface area contributed by atoms with Crippen LogP contribution >= 0.6 is 0 Å². The van der Waals surface area contributed by atoms with E-state index in [0.29, 0.717) is 56.1 Å². The molecule has 8 rings (SSSR count). The highest BCUT2D eigenvalue weighted by Gasteiger charge is 2.36. The van der Waals surface area contributed by atoms with Crippen LogP contribution < -0.4 is 9.80 Å². The lowest BCUT2D eigenvalue weighted by molar-refractivity contribution is -0.162. The van der Waals surface area contributed by atoms with Gasteiger partial charge < -0.3 is 23.7 Å². The summed E-state index contributed by atoms with van der Waals surface area (Å²) in [5, 5.41) is 21.2. The lowest BCUT2D eigenvalue weighted by Gasteiger charge is -2.28. The van der Waals surface area contributed by atoms with Crippen molar-refractivity contribution in [1.29, 1.82) is 10.5 Å². The number of carbonyl (C=O) groups is 4. The molecule has 2 aromatic heterocycles. The Morgan fingerprint density at radius 1 is 0.712 bits per heavy atom. The molecule has 4 aromatic carbocycles. The van der Waals surface area contributed by atoms with Crippen molar-refractivity contribution in [3.8, 4) is 12.1 Å². The van der Waals surface area contributed by atoms with Gasteiger partial charge in [-0.05, 0) is 117 Å². The minimum absolute atomic E-state index is 0.0000131. The Kier molecular flexibility index (Phi) is 10.6. The van der Waals surface area contributed by atoms with Crippen molar-refractivity contribution in [2.24, 2.45) is 11.8 Å². The molecule has 3 unspecified atom stereocenters. The van der Waals surface area contributed by atoms with Gasteiger partial charge >= 0.3 is 11.9 Å². The van der Waals surface area contributed by atoms with E-state index in [0.717, 1.165) is 55.7 Å². The van der Waals surface area contributed by atoms with Crippen LogP contribution in [0.25, 0.3) is 21.8 Å². The van der Waals surface area contributed by atoms with Gasteiger partial charge in [0.25, 0.3) is 0 Å². The predicted octanol–water partition coefficient (Wildman–Crippen LogP) is 7.60. The maximum absolute atomic E-state index is 14.2. The quantitative estimate of drug-likeness (QED) is 0.109. The number of anilines is 2. The van der Waals surface area contributed by atoms with Crippen molar-refractivity contribution in [1.82, 2.24) is 9.13 Å². The van der Waals surface area contributed by atoms with Crippen LogP contribution in [0.5, 0.6) is 0 Å². The van der Waals surface area contributed by atoms with E-state index in [1.807, 2.05) is 94.9 Å². The highest BCUT2D eigenvalue weighted by molar-refractivity contribution is 5.98. The van der Waals surface area contributed by atoms with Crippen LogP contribution in [-0.4, -0.2) is 47.0 Å². The van der Waals surface area contributed by atoms with Crippen molar-refractivity contribution < 1.29 is 23.9 Å². The van der Waals surface area contributed by atoms with Gasteiger partial charge in [-0.15, -0.1) is 0 Å². The highest BCUT2D eigenvalue weighted by atomic mass is 16.6. The second-order valence-corrected chi connectivity index (χ2v) is 15.6. The van der Waals surface area contributed by atoms with Gasteiger partial charge in [0.1, 0.15) is 12.6 Å². The minimum Gasteiger partial charge on any atom is -0.390 e. The van der Waals surface area contributed by atoms with Crippen LogP contribution in [0.4, 0.5) is 11.4 Å². The first-order chi connectivity index (χ1) is 28.6. The average molecular weight is 785 g/mol. The zero-order chi connectivity index (χ0) is 41.4. The summed E-state index contributed by atoms with van der Waals surface area (Å²) in [5.74, 6) is -1.99. The molecular weight excluding hydrogens is 741 g/mol. The van der Waals surface area contributed by atoms with Gasteiger partial charge in [0.15, 0.2) is 0 Å². The summed E-state index contributed by atoms with van der Waals surface area (Å²) in [4.78, 5) is 58.9. The van der Waals surface area contributed by atoms with Crippen LogP contribution in [0, 0.1) is 34.5 Å². The van der Waals surface area contributed by atoms with E-state index in [4.69, 9.17) is 4.74 Å². The molecule has 3 atom stereocenters. The highest BCUT2D eigenvalue weighted by Crippen LogP contribution is 2.40. The number of hydrogen-bond donors (Lipinski definition) is 0. The Bertz CT molecular complexity index is 2720. The molecule has 11 heteroatoms. The summed E-state index contributed by atoms with van der Waals surface area (Å²) in [6.07, 6.45) is 3.44. The Morgan fingerprint density at radius 3 is 1.73 bits per heavy atom. The summed E-state index contributed by atoms with van der Waals surface area (Å²) in [6.45, 7) is 1.65. The van der Waals surface area contributed by atoms with Gasteiger partial charge in [-0.3, -0.25) is 9.59 Å². The molecule has 0 saturated heterocycles. The fourth-order valence-electron chi connectivity index (χ4n) is 9.24. The van der Waals surface area contributed by atoms with Gasteiger partial charge in [-0.25, -0.2) is 9.59 Å². The Morgan fingerprint density at radius 2 is 1.20 bits per heavy atom. The summed E-state index contributed by atoms with van der Waals surface area (Å²) >= 11 is 0. The topological polar surface area (TPSA) is 141 Å². The number of nitriles is 2. The molecule has 0 bridgehead atoms. The molecule has 0 radical (unpaired) electrons. The van der Waals surface area contributed by atoms with Crippen molar-refractivity contribution in [3.63, 3.8) is 0 Å². The second-order valence-electron chi connectivity index (χ2n) is 15.6. The van der Waals surface area contributed by atoms with Crippen molar-refractivity contribution in [2.45, 2.75) is 64.5 Å². The van der Waals surface area contributed by atoms with Crippen LogP contribution in [-0.2, 0) is 56.1 Å². The standard InChI is InChI=1S/C48H44N6O5/c1-4-40(54-43-20-16-31(28-50)24-37(43)39-26-33(18-22-44(39)54)47(57)52(3)35-13-9-6-10-14-35)48(58)59-45(55)29-53-41-19-15-30(27-49)23-36(41)38-25-32(17-21-42(38)53)46(56)51(2)34-11-7-5-8-12-34/h5-16,19-20,23-24,32-33,40H,4,17-18,21-22,25-26,29H2,1-3H3. The van der Waals surface area contributed by atoms with Gasteiger partial charge in [-0.1, -0.05) is 43.3 Å². The van der Waals surface area contributed by atoms with Crippen molar-refractivity contribution in [3.05, 3.63) is 131 Å². The van der Waals surface area contributed by atoms with E-state index in [2.05, 4.69) is 12.1 Å². The van der Waals surface area contributed by atoms with Crippen molar-refractivity contribution >= 4 is 56.9 Å². The van der Waals surface area contributed by atoms with Gasteiger partial charge in [0, 0.05) is 70.5 Å². The number of hydrogen-bond acceptors (Lipinski definition) is 7. The monoisotopic (exact) mass is 784 g/mol. The molecule has 11 nitrogen and oxygen atoms in total. The molecular formula is C48H44N6O5. The molecule has 0 spiro atoms. The molecule has 2 aliphatic carbocycles. The van der Waals surface area contributed by atoms with E-state index >= 15 is 0 Å². The number of rotatable bonds is 9. The fourth-order valence-corrected chi connectivity index (χ4v) is 9.24. The van der Waals surface area contributed by atoms with E-state index in [9.17, 15) is 29.7 Å². The summed E-state index contributed by atoms with van der Waals surface area (Å²) in [6, 6.07) is 33.3. The molecule has 59 heavy (non-hydrogen) atoms. The van der Waals surface area contributed by atoms with Crippen LogP contribution in [0.15, 0.2) is 97.1 Å². The molecule has 6 aromatic rings. The third-order valence-corrected chi connectivity index (χ3v) is 12.2. The zero-order valence-corrected chi connectivity index (χ0v) is 33.4. The average Bonchev–Trinajstić information content (AvgIpc) is 3.76. The molecule has 2 aliphatic rings. The summed E-state index contributed by atoms with van der Waals surface area (Å²) in [7, 11) is 3.56. The Labute approximate surface area is 342 Å². The van der Waals surface area contributed by atoms with E-state index < -0.39 is 18.0 Å². The number of carbonyl (C=O) groups excluding carboxylic acids is 4. The number of benzene rings is 4. The maximum Gasteiger partial charge on any atom is 0.336 e. The number of amides is 2. The number of esters is 2. The van der Waals surface area contributed by atoms with Gasteiger partial charge in [0.2, 0.25) is 11.8 Å². The maximum atomic E-state index is 14.2. The van der Waals surface area contributed by atoms with Crippen LogP contribution in [0.3, 0.4) is 0 Å². The van der Waals surface area contributed by atoms with Gasteiger partial charge in [-0.2, -0.15) is 10.5 Å². The van der Waals surface area contributed by atoms with Gasteiger partial charge in [0.05, 0.1) is 23.3 Å². The smallest absolute Gasteiger partial charge is 0.336 e. The lowest BCUT2D eigenvalue weighted by Crippen LogP contribution is -2.36. The molecule has 0 aliphatic heterocycles. The zero-order valence-electron chi connectivity index (χ0n) is 33.4. The van der Waals surface area contributed by atoms with Crippen molar-refractivity contribution in [2.75, 3.05) is 23.9 Å². The van der Waals surface area contributed by atoms with Crippen LogP contribution in [0.2, 0.25) is 0 Å². The van der Waals surface area contributed by atoms with E-state index in [1.165, 1.54) is 0 Å². The number of ether oxygens (including phenoxy) is 1. The predicted molar refractivity (Wildman–Crippen MR) is 224 cm³/mol. The first-order valence-corrected chi connectivity index (χ1v) is 20.1. The Balaban J connectivity index is 1.06. The number of aromatic nitrogens is 2. The largest absolute Gasteiger partial charge is 0.390 e. The van der Waals surface area contributed by atoms with E-state index in [1.54, 1.807) is 42.1 Å². The number of fused-ring (bicyclic) bond motifs is 6. The number of nitrogens with zero attached hydrogens (tertiary/aromatic N) is 6. The summed E-state index contributed by atoms with van der Waals surface area (Å²) < 4.78 is 9.52. The SMILES string of the molecule is CCC(C(=O)OC(=O)Cn1c2c(c3cc(C#N)ccc31)CC(C(=O)N(C)c1ccccc1)CC2)n1c2c(c3cc(C#N)ccc31)CC(C(=O)N(C)c1ccccc1)CC2. The lowest BCUT2D eigenvalue weighted by atomic mass is 9.85. The third-order valence-electron chi connectivity index (χ3n) is 12.2. The first-order valence-electron chi connectivity index (χ1n) is 20.1. The van der Waals surface area contributed by atoms with Crippen LogP contribution in [0.1, 0.15) is 65.9 Å². The normalized spacial score (nSPS) is 16.3. The molecule has 0 N–H and O–H groups in total. The minimum atomic E-state index is -0.834. The molecule has 296 valence electrons. The number of para-hydroxylation sites is 2. The van der Waals surface area contributed by atoms with E-state index in [-0.39, 0.29) is 30.2 Å². The molecule has 0 fully saturated rings. The Hall–Kier alpha value is -6.98. The molecule has 2 amide bonds. The fraction of sp³-hybridized carbons (Fsp3) is 0.292. The summed E-state index contributed by atoms with van der Waals surface area (Å²) in [5.41, 5.74) is 7.67. The molecule has 0 saturated carbocycles.